The Balaban J connectivity index is 1.68. The van der Waals surface area contributed by atoms with Crippen molar-refractivity contribution in [3.8, 4) is 17.2 Å². The van der Waals surface area contributed by atoms with Crippen LogP contribution in [0.3, 0.4) is 0 Å². The Morgan fingerprint density at radius 3 is 2.70 bits per heavy atom. The molecule has 2 heterocycles. The predicted octanol–water partition coefficient (Wildman–Crippen LogP) is 3.05. The third-order valence-corrected chi connectivity index (χ3v) is 4.44. The number of nitrogens with one attached hydrogen (secondary N) is 1. The zero-order valence-electron chi connectivity index (χ0n) is 14.4. The number of rotatable bonds is 2. The molecule has 2 aromatic rings. The lowest BCUT2D eigenvalue weighted by molar-refractivity contribution is 0.205. The van der Waals surface area contributed by atoms with Crippen molar-refractivity contribution in [3.05, 3.63) is 53.3 Å². The van der Waals surface area contributed by atoms with Gasteiger partial charge in [0, 0.05) is 18.4 Å². The SMILES string of the molecule is NC(=S)N/N=C1/C[C@@H](c2ccc3c(c2)OCCCO3)Oc2ccc(F)cc21. The van der Waals surface area contributed by atoms with Crippen molar-refractivity contribution in [2.45, 2.75) is 18.9 Å². The number of halogens is 1. The van der Waals surface area contributed by atoms with E-state index in [-0.39, 0.29) is 17.0 Å². The van der Waals surface area contributed by atoms with E-state index in [1.54, 1.807) is 6.07 Å². The Hall–Kier alpha value is -2.87. The number of hydrogen-bond acceptors (Lipinski definition) is 5. The highest BCUT2D eigenvalue weighted by atomic mass is 32.1. The Bertz CT molecular complexity index is 919. The van der Waals surface area contributed by atoms with Crippen LogP contribution >= 0.6 is 12.2 Å². The molecule has 0 aromatic heterocycles. The second-order valence-electron chi connectivity index (χ2n) is 6.24. The molecule has 27 heavy (non-hydrogen) atoms. The van der Waals surface area contributed by atoms with Gasteiger partial charge in [0.05, 0.1) is 18.9 Å². The van der Waals surface area contributed by atoms with Gasteiger partial charge in [-0.3, -0.25) is 5.43 Å². The maximum absolute atomic E-state index is 13.7. The van der Waals surface area contributed by atoms with Gasteiger partial charge in [-0.1, -0.05) is 6.07 Å². The molecular weight excluding hydrogens is 369 g/mol. The Kier molecular flexibility index (Phi) is 4.81. The van der Waals surface area contributed by atoms with Crippen molar-refractivity contribution in [3.63, 3.8) is 0 Å². The first-order valence-corrected chi connectivity index (χ1v) is 8.99. The molecule has 2 aliphatic rings. The van der Waals surface area contributed by atoms with Gasteiger partial charge in [0.15, 0.2) is 16.6 Å². The maximum atomic E-state index is 13.7. The molecule has 0 saturated carbocycles. The number of hydrazone groups is 1. The number of thiocarbonyl (C=S) groups is 1. The fraction of sp³-hybridized carbons (Fsp3) is 0.263. The van der Waals surface area contributed by atoms with E-state index in [1.807, 2.05) is 18.2 Å². The van der Waals surface area contributed by atoms with E-state index < -0.39 is 0 Å². The third-order valence-electron chi connectivity index (χ3n) is 4.34. The summed E-state index contributed by atoms with van der Waals surface area (Å²) >= 11 is 4.81. The van der Waals surface area contributed by atoms with Gasteiger partial charge in [-0.15, -0.1) is 0 Å². The zero-order valence-corrected chi connectivity index (χ0v) is 15.2. The summed E-state index contributed by atoms with van der Waals surface area (Å²) in [6.07, 6.45) is 0.947. The molecule has 1 atom stereocenters. The van der Waals surface area contributed by atoms with E-state index in [9.17, 15) is 4.39 Å². The topological polar surface area (TPSA) is 78.1 Å². The average Bonchev–Trinajstić information content (AvgIpc) is 2.90. The van der Waals surface area contributed by atoms with Gasteiger partial charge in [0.2, 0.25) is 0 Å². The molecule has 4 rings (SSSR count). The van der Waals surface area contributed by atoms with Gasteiger partial charge >= 0.3 is 0 Å². The first kappa shape index (κ1) is 17.5. The predicted molar refractivity (Wildman–Crippen MR) is 103 cm³/mol. The normalized spacial score (nSPS) is 19.6. The minimum absolute atomic E-state index is 0.0408. The van der Waals surface area contributed by atoms with Gasteiger partial charge < -0.3 is 19.9 Å². The molecule has 6 nitrogen and oxygen atoms in total. The molecule has 0 saturated heterocycles. The molecule has 3 N–H and O–H groups in total. The zero-order chi connectivity index (χ0) is 18.8. The quantitative estimate of drug-likeness (QED) is 0.609. The second kappa shape index (κ2) is 7.40. The lowest BCUT2D eigenvalue weighted by Crippen LogP contribution is -2.28. The summed E-state index contributed by atoms with van der Waals surface area (Å²) < 4.78 is 31.2. The van der Waals surface area contributed by atoms with Crippen LogP contribution in [0.4, 0.5) is 4.39 Å². The van der Waals surface area contributed by atoms with Gasteiger partial charge in [0.1, 0.15) is 17.7 Å². The van der Waals surface area contributed by atoms with Crippen LogP contribution in [0, 0.1) is 5.82 Å². The van der Waals surface area contributed by atoms with Crippen molar-refractivity contribution in [2.75, 3.05) is 13.2 Å². The number of fused-ring (bicyclic) bond motifs is 2. The van der Waals surface area contributed by atoms with Crippen molar-refractivity contribution < 1.29 is 18.6 Å². The molecule has 2 aliphatic heterocycles. The largest absolute Gasteiger partial charge is 0.490 e. The molecule has 2 aromatic carbocycles. The lowest BCUT2D eigenvalue weighted by Gasteiger charge is -2.28. The standard InChI is InChI=1S/C19H18FN3O3S/c20-12-3-5-15-13(9-12)14(22-23-19(21)27)10-17(26-15)11-2-4-16-18(8-11)25-7-1-6-24-16/h2-5,8-9,17H,1,6-7,10H2,(H3,21,23,27)/b22-14-/t17-/m0/s1. The average molecular weight is 387 g/mol. The van der Waals surface area contributed by atoms with Crippen molar-refractivity contribution in [1.82, 2.24) is 5.43 Å². The summed E-state index contributed by atoms with van der Waals surface area (Å²) in [7, 11) is 0. The fourth-order valence-corrected chi connectivity index (χ4v) is 3.15. The van der Waals surface area contributed by atoms with Crippen LogP contribution in [0.5, 0.6) is 17.2 Å². The summed E-state index contributed by atoms with van der Waals surface area (Å²) in [6, 6.07) is 10.1. The molecule has 140 valence electrons. The van der Waals surface area contributed by atoms with Crippen LogP contribution < -0.4 is 25.4 Å². The van der Waals surface area contributed by atoms with Gasteiger partial charge in [0.25, 0.3) is 0 Å². The number of nitrogens with two attached hydrogens (primary N) is 1. The highest BCUT2D eigenvalue weighted by molar-refractivity contribution is 7.80. The molecule has 8 heteroatoms. The second-order valence-corrected chi connectivity index (χ2v) is 6.68. The van der Waals surface area contributed by atoms with E-state index in [2.05, 4.69) is 10.5 Å². The van der Waals surface area contributed by atoms with Crippen LogP contribution in [0.25, 0.3) is 0 Å². The number of ether oxygens (including phenoxy) is 3. The van der Waals surface area contributed by atoms with E-state index in [0.29, 0.717) is 42.4 Å². The highest BCUT2D eigenvalue weighted by Gasteiger charge is 2.28. The molecule has 0 radical (unpaired) electrons. The third kappa shape index (κ3) is 3.80. The summed E-state index contributed by atoms with van der Waals surface area (Å²) in [5.74, 6) is 1.59. The maximum Gasteiger partial charge on any atom is 0.184 e. The number of nitrogens with zero attached hydrogens (tertiary/aromatic N) is 1. The summed E-state index contributed by atoms with van der Waals surface area (Å²) in [5.41, 5.74) is 10.2. The lowest BCUT2D eigenvalue weighted by atomic mass is 9.95. The summed E-state index contributed by atoms with van der Waals surface area (Å²) in [5, 5.41) is 4.28. The smallest absolute Gasteiger partial charge is 0.184 e. The van der Waals surface area contributed by atoms with Crippen LogP contribution in [0.2, 0.25) is 0 Å². The minimum Gasteiger partial charge on any atom is -0.490 e. The molecule has 0 unspecified atom stereocenters. The van der Waals surface area contributed by atoms with E-state index in [4.69, 9.17) is 32.2 Å². The first-order valence-electron chi connectivity index (χ1n) is 8.58. The molecule has 0 spiro atoms. The van der Waals surface area contributed by atoms with Gasteiger partial charge in [-0.25, -0.2) is 4.39 Å². The summed E-state index contributed by atoms with van der Waals surface area (Å²) in [4.78, 5) is 0. The van der Waals surface area contributed by atoms with Gasteiger partial charge in [-0.05, 0) is 48.1 Å². The molecule has 0 bridgehead atoms. The first-order chi connectivity index (χ1) is 13.1. The molecule has 0 fully saturated rings. The minimum atomic E-state index is -0.366. The van der Waals surface area contributed by atoms with E-state index in [1.165, 1.54) is 12.1 Å². The Morgan fingerprint density at radius 1 is 1.11 bits per heavy atom. The molecule has 0 amide bonds. The van der Waals surface area contributed by atoms with Crippen molar-refractivity contribution in [1.29, 1.82) is 0 Å². The molecule has 0 aliphatic carbocycles. The highest BCUT2D eigenvalue weighted by Crippen LogP contribution is 2.39. The monoisotopic (exact) mass is 387 g/mol. The van der Waals surface area contributed by atoms with Crippen LogP contribution in [0.1, 0.15) is 30.1 Å². The van der Waals surface area contributed by atoms with E-state index >= 15 is 0 Å². The van der Waals surface area contributed by atoms with Crippen LogP contribution in [-0.4, -0.2) is 24.0 Å². The summed E-state index contributed by atoms with van der Waals surface area (Å²) in [6.45, 7) is 1.24. The van der Waals surface area contributed by atoms with Crippen LogP contribution in [0.15, 0.2) is 41.5 Å². The number of benzene rings is 2. The Morgan fingerprint density at radius 2 is 1.89 bits per heavy atom. The van der Waals surface area contributed by atoms with Crippen LogP contribution in [-0.2, 0) is 0 Å². The van der Waals surface area contributed by atoms with Crippen molar-refractivity contribution >= 4 is 23.0 Å². The van der Waals surface area contributed by atoms with Crippen molar-refractivity contribution in [2.24, 2.45) is 10.8 Å². The Labute approximate surface area is 161 Å². The fourth-order valence-electron chi connectivity index (χ4n) is 3.11. The number of hydrogen-bond donors (Lipinski definition) is 2. The molecular formula is C19H18FN3O3S. The van der Waals surface area contributed by atoms with E-state index in [0.717, 1.165) is 17.7 Å². The van der Waals surface area contributed by atoms with Gasteiger partial charge in [-0.2, -0.15) is 5.10 Å².